The Morgan fingerprint density at radius 2 is 1.30 bits per heavy atom. The summed E-state index contributed by atoms with van der Waals surface area (Å²) in [4.78, 5) is 14.4. The van der Waals surface area contributed by atoms with E-state index in [2.05, 4.69) is 90.1 Å². The minimum Gasteiger partial charge on any atom is -0.366 e. The fourth-order valence-electron chi connectivity index (χ4n) is 3.69. The van der Waals surface area contributed by atoms with E-state index in [1.54, 1.807) is 11.8 Å². The predicted octanol–water partition coefficient (Wildman–Crippen LogP) is 8.01. The highest BCUT2D eigenvalue weighted by molar-refractivity contribution is 7.99. The number of aryl methyl sites for hydroxylation is 1. The topological polar surface area (TPSA) is 43.1 Å². The first-order valence-corrected chi connectivity index (χ1v) is 12.2. The van der Waals surface area contributed by atoms with Crippen molar-refractivity contribution >= 4 is 29.8 Å². The first-order valence-electron chi connectivity index (χ1n) is 11.4. The summed E-state index contributed by atoms with van der Waals surface area (Å²) in [5, 5.41) is 0. The highest BCUT2D eigenvalue weighted by atomic mass is 32.2. The Morgan fingerprint density at radius 3 is 1.79 bits per heavy atom. The number of carbonyl (C=O) groups excluding carboxylic acids is 1. The number of carbonyl (C=O) groups is 1. The molecule has 0 bridgehead atoms. The Kier molecular flexibility index (Phi) is 7.23. The molecular weight excluding hydrogens is 422 g/mol. The van der Waals surface area contributed by atoms with Gasteiger partial charge in [-0.3, -0.25) is 4.79 Å². The average molecular weight is 458 g/mol. The molecule has 2 N–H and O–H groups in total. The molecule has 3 aromatic carbocycles. The van der Waals surface area contributed by atoms with Crippen LogP contribution in [-0.4, -0.2) is 5.91 Å². The van der Waals surface area contributed by atoms with E-state index in [-0.39, 0.29) is 10.8 Å². The van der Waals surface area contributed by atoms with Crippen LogP contribution in [0.25, 0.3) is 12.2 Å². The largest absolute Gasteiger partial charge is 0.366 e. The standard InChI is InChI=1S/C30H35NOS/c1-20-18-22(11-8-21-9-12-23(13-10-21)29(2,3)4)27(28(31)32)26(19-20)33-25-16-14-24(15-17-25)30(5,6)7/h8-19H,1-7H3,(H2,31,32). The lowest BCUT2D eigenvalue weighted by molar-refractivity contribution is 0.0997. The second kappa shape index (κ2) is 9.61. The summed E-state index contributed by atoms with van der Waals surface area (Å²) in [6, 6.07) is 21.2. The zero-order chi connectivity index (χ0) is 24.4. The molecule has 3 rings (SSSR count). The van der Waals surface area contributed by atoms with E-state index in [9.17, 15) is 4.79 Å². The first kappa shape index (κ1) is 24.9. The molecule has 0 aliphatic carbocycles. The quantitative estimate of drug-likeness (QED) is 0.394. The van der Waals surface area contributed by atoms with Gasteiger partial charge in [0.25, 0.3) is 0 Å². The predicted molar refractivity (Wildman–Crippen MR) is 143 cm³/mol. The Morgan fingerprint density at radius 1 is 0.788 bits per heavy atom. The molecular formula is C30H35NOS. The molecule has 0 atom stereocenters. The van der Waals surface area contributed by atoms with Gasteiger partial charge in [-0.1, -0.05) is 108 Å². The average Bonchev–Trinajstić information content (AvgIpc) is 2.71. The smallest absolute Gasteiger partial charge is 0.250 e. The van der Waals surface area contributed by atoms with Gasteiger partial charge in [-0.25, -0.2) is 0 Å². The molecule has 2 nitrogen and oxygen atoms in total. The summed E-state index contributed by atoms with van der Waals surface area (Å²) in [5.41, 5.74) is 12.2. The highest BCUT2D eigenvalue weighted by Crippen LogP contribution is 2.35. The third-order valence-electron chi connectivity index (χ3n) is 5.70. The van der Waals surface area contributed by atoms with Crippen LogP contribution in [0, 0.1) is 6.92 Å². The van der Waals surface area contributed by atoms with Crippen molar-refractivity contribution in [1.82, 2.24) is 0 Å². The summed E-state index contributed by atoms with van der Waals surface area (Å²) in [6.45, 7) is 15.3. The first-order chi connectivity index (χ1) is 15.3. The van der Waals surface area contributed by atoms with E-state index in [4.69, 9.17) is 5.73 Å². The van der Waals surface area contributed by atoms with Gasteiger partial charge in [0.15, 0.2) is 0 Å². The van der Waals surface area contributed by atoms with E-state index in [0.717, 1.165) is 26.5 Å². The molecule has 0 aliphatic heterocycles. The van der Waals surface area contributed by atoms with Crippen LogP contribution in [0.4, 0.5) is 0 Å². The van der Waals surface area contributed by atoms with Crippen LogP contribution in [0.2, 0.25) is 0 Å². The molecule has 0 saturated heterocycles. The van der Waals surface area contributed by atoms with Crippen molar-refractivity contribution in [2.24, 2.45) is 5.73 Å². The summed E-state index contributed by atoms with van der Waals surface area (Å²) in [7, 11) is 0. The van der Waals surface area contributed by atoms with Gasteiger partial charge in [-0.05, 0) is 63.8 Å². The molecule has 0 unspecified atom stereocenters. The van der Waals surface area contributed by atoms with E-state index in [0.29, 0.717) is 5.56 Å². The second-order valence-corrected chi connectivity index (χ2v) is 11.8. The molecule has 0 saturated carbocycles. The van der Waals surface area contributed by atoms with Crippen LogP contribution >= 0.6 is 11.8 Å². The maximum atomic E-state index is 12.5. The summed E-state index contributed by atoms with van der Waals surface area (Å²) < 4.78 is 0. The Bertz CT molecular complexity index is 1160. The highest BCUT2D eigenvalue weighted by Gasteiger charge is 2.17. The fourth-order valence-corrected chi connectivity index (χ4v) is 4.78. The molecule has 0 aromatic heterocycles. The number of hydrogen-bond donors (Lipinski definition) is 1. The van der Waals surface area contributed by atoms with E-state index >= 15 is 0 Å². The summed E-state index contributed by atoms with van der Waals surface area (Å²) in [5.74, 6) is -0.411. The van der Waals surface area contributed by atoms with Crippen molar-refractivity contribution in [3.8, 4) is 0 Å². The molecule has 33 heavy (non-hydrogen) atoms. The van der Waals surface area contributed by atoms with Gasteiger partial charge >= 0.3 is 0 Å². The van der Waals surface area contributed by atoms with Gasteiger partial charge in [-0.15, -0.1) is 0 Å². The Balaban J connectivity index is 1.93. The minimum atomic E-state index is -0.411. The monoisotopic (exact) mass is 457 g/mol. The van der Waals surface area contributed by atoms with Crippen LogP contribution in [0.3, 0.4) is 0 Å². The SMILES string of the molecule is Cc1cc(C=Cc2ccc(C(C)(C)C)cc2)c(C(N)=O)c(Sc2ccc(C(C)(C)C)cc2)c1. The van der Waals surface area contributed by atoms with Gasteiger partial charge in [0.05, 0.1) is 5.56 Å². The van der Waals surface area contributed by atoms with Crippen molar-refractivity contribution in [3.63, 3.8) is 0 Å². The van der Waals surface area contributed by atoms with Crippen molar-refractivity contribution in [3.05, 3.63) is 94.0 Å². The van der Waals surface area contributed by atoms with Crippen molar-refractivity contribution in [1.29, 1.82) is 0 Å². The van der Waals surface area contributed by atoms with Crippen molar-refractivity contribution in [2.45, 2.75) is 69.1 Å². The number of primary amides is 1. The van der Waals surface area contributed by atoms with Gasteiger partial charge in [0, 0.05) is 9.79 Å². The van der Waals surface area contributed by atoms with Gasteiger partial charge in [0.2, 0.25) is 5.91 Å². The van der Waals surface area contributed by atoms with Crippen LogP contribution in [0.1, 0.15) is 79.7 Å². The second-order valence-electron chi connectivity index (χ2n) is 10.7. The zero-order valence-electron chi connectivity index (χ0n) is 20.8. The van der Waals surface area contributed by atoms with Gasteiger partial charge in [0.1, 0.15) is 0 Å². The number of hydrogen-bond acceptors (Lipinski definition) is 2. The summed E-state index contributed by atoms with van der Waals surface area (Å²) in [6.07, 6.45) is 4.03. The van der Waals surface area contributed by atoms with E-state index in [1.165, 1.54) is 11.1 Å². The van der Waals surface area contributed by atoms with Crippen molar-refractivity contribution < 1.29 is 4.79 Å². The lowest BCUT2D eigenvalue weighted by Gasteiger charge is -2.19. The molecule has 0 radical (unpaired) electrons. The zero-order valence-corrected chi connectivity index (χ0v) is 21.6. The minimum absolute atomic E-state index is 0.105. The maximum Gasteiger partial charge on any atom is 0.250 e. The number of rotatable bonds is 5. The third-order valence-corrected chi connectivity index (χ3v) is 6.75. The molecule has 3 aromatic rings. The molecule has 172 valence electrons. The van der Waals surface area contributed by atoms with E-state index in [1.807, 2.05) is 31.2 Å². The Labute approximate surface area is 203 Å². The maximum absolute atomic E-state index is 12.5. The van der Waals surface area contributed by atoms with Crippen LogP contribution in [-0.2, 0) is 10.8 Å². The molecule has 0 aliphatic rings. The fraction of sp³-hybridized carbons (Fsp3) is 0.300. The van der Waals surface area contributed by atoms with Gasteiger partial charge in [-0.2, -0.15) is 0 Å². The van der Waals surface area contributed by atoms with Crippen molar-refractivity contribution in [2.75, 3.05) is 0 Å². The van der Waals surface area contributed by atoms with Crippen LogP contribution in [0.15, 0.2) is 70.5 Å². The molecule has 0 fully saturated rings. The lowest BCUT2D eigenvalue weighted by Crippen LogP contribution is -2.14. The number of nitrogens with two attached hydrogens (primary N) is 1. The molecule has 1 amide bonds. The Hall–Kier alpha value is -2.78. The molecule has 0 heterocycles. The lowest BCUT2D eigenvalue weighted by atomic mass is 9.86. The molecule has 3 heteroatoms. The van der Waals surface area contributed by atoms with Crippen LogP contribution in [0.5, 0.6) is 0 Å². The normalized spacial score (nSPS) is 12.3. The number of benzene rings is 3. The molecule has 0 spiro atoms. The number of amides is 1. The third kappa shape index (κ3) is 6.39. The van der Waals surface area contributed by atoms with Crippen LogP contribution < -0.4 is 5.73 Å². The van der Waals surface area contributed by atoms with E-state index < -0.39 is 5.91 Å². The summed E-state index contributed by atoms with van der Waals surface area (Å²) >= 11 is 1.58. The van der Waals surface area contributed by atoms with Gasteiger partial charge < -0.3 is 5.73 Å².